The van der Waals surface area contributed by atoms with Gasteiger partial charge in [-0.2, -0.15) is 0 Å². The van der Waals surface area contributed by atoms with E-state index in [9.17, 15) is 14.4 Å². The van der Waals surface area contributed by atoms with Gasteiger partial charge in [0.2, 0.25) is 0 Å². The van der Waals surface area contributed by atoms with Gasteiger partial charge in [-0.1, -0.05) is 90.1 Å². The molecule has 0 radical (unpaired) electrons. The monoisotopic (exact) mass is 520 g/mol. The van der Waals surface area contributed by atoms with Gasteiger partial charge < -0.3 is 15.3 Å². The number of carboxylic acids is 3. The zero-order valence-corrected chi connectivity index (χ0v) is 23.6. The molecule has 0 aliphatic heterocycles. The van der Waals surface area contributed by atoms with Crippen LogP contribution in [0.2, 0.25) is 0 Å². The molecule has 0 aromatic heterocycles. The highest BCUT2D eigenvalue weighted by Gasteiger charge is 2.17. The predicted molar refractivity (Wildman–Crippen MR) is 152 cm³/mol. The number of rotatable bonds is 6. The second kappa shape index (κ2) is 14.7. The molecule has 0 saturated heterocycles. The van der Waals surface area contributed by atoms with E-state index in [1.807, 2.05) is 91.8 Å². The zero-order valence-electron chi connectivity index (χ0n) is 23.6. The molecule has 0 saturated carbocycles. The molecule has 0 atom stereocenters. The number of benzene rings is 3. The quantitative estimate of drug-likeness (QED) is 0.302. The van der Waals surface area contributed by atoms with Gasteiger partial charge in [0.15, 0.2) is 0 Å². The zero-order chi connectivity index (χ0) is 29.2. The van der Waals surface area contributed by atoms with Gasteiger partial charge in [-0.05, 0) is 71.6 Å². The van der Waals surface area contributed by atoms with Gasteiger partial charge in [-0.3, -0.25) is 0 Å². The Morgan fingerprint density at radius 2 is 0.895 bits per heavy atom. The lowest BCUT2D eigenvalue weighted by Gasteiger charge is -2.15. The lowest BCUT2D eigenvalue weighted by Crippen LogP contribution is -2.08. The maximum Gasteiger partial charge on any atom is 0.336 e. The maximum absolute atomic E-state index is 11.1. The average Bonchev–Trinajstić information content (AvgIpc) is 2.85. The van der Waals surface area contributed by atoms with Gasteiger partial charge in [0.1, 0.15) is 0 Å². The van der Waals surface area contributed by atoms with Crippen molar-refractivity contribution in [3.8, 4) is 0 Å². The van der Waals surface area contributed by atoms with Crippen LogP contribution in [-0.2, 0) is 0 Å². The first-order chi connectivity index (χ1) is 17.7. The van der Waals surface area contributed by atoms with Crippen LogP contribution in [0.15, 0.2) is 60.7 Å². The molecule has 0 spiro atoms. The molecule has 6 nitrogen and oxygen atoms in total. The topological polar surface area (TPSA) is 112 Å². The molecular formula is C32H40O6. The van der Waals surface area contributed by atoms with E-state index >= 15 is 0 Å². The maximum atomic E-state index is 11.1. The van der Waals surface area contributed by atoms with Crippen molar-refractivity contribution >= 4 is 17.9 Å². The standard InChI is InChI=1S/C12H16O2.2C10H12O2/c1-7(2)10-8(3)5-6-9(4)11(10)12(13)14;2*1-7(2)8-5-3-4-6-9(8)10(11)12/h5-7H,1-4H3,(H,13,14);2*3-7H,1-2H3,(H,11,12). The minimum atomic E-state index is -0.848. The van der Waals surface area contributed by atoms with Gasteiger partial charge in [-0.25, -0.2) is 14.4 Å². The van der Waals surface area contributed by atoms with E-state index in [1.165, 1.54) is 0 Å². The number of hydrogen-bond donors (Lipinski definition) is 3. The summed E-state index contributed by atoms with van der Waals surface area (Å²) in [5.41, 5.74) is 5.93. The fourth-order valence-electron chi connectivity index (χ4n) is 4.25. The Balaban J connectivity index is 0.000000286. The van der Waals surface area contributed by atoms with Gasteiger partial charge >= 0.3 is 17.9 Å². The highest BCUT2D eigenvalue weighted by atomic mass is 16.4. The molecule has 3 N–H and O–H groups in total. The molecule has 6 heteroatoms. The van der Waals surface area contributed by atoms with Crippen molar-refractivity contribution < 1.29 is 29.7 Å². The van der Waals surface area contributed by atoms with E-state index in [2.05, 4.69) is 0 Å². The Bertz CT molecular complexity index is 1190. The van der Waals surface area contributed by atoms with Crippen molar-refractivity contribution in [3.63, 3.8) is 0 Å². The van der Waals surface area contributed by atoms with Crippen LogP contribution in [0.3, 0.4) is 0 Å². The summed E-state index contributed by atoms with van der Waals surface area (Å²) in [6.45, 7) is 15.8. The van der Waals surface area contributed by atoms with E-state index in [-0.39, 0.29) is 17.8 Å². The minimum Gasteiger partial charge on any atom is -0.478 e. The number of carboxylic acid groups (broad SMARTS) is 3. The van der Waals surface area contributed by atoms with Gasteiger partial charge in [-0.15, -0.1) is 0 Å². The number of aromatic carboxylic acids is 3. The molecule has 38 heavy (non-hydrogen) atoms. The van der Waals surface area contributed by atoms with E-state index in [4.69, 9.17) is 15.3 Å². The second-order valence-electron chi connectivity index (χ2n) is 10.0. The molecule has 0 aliphatic rings. The molecule has 3 aromatic carbocycles. The van der Waals surface area contributed by atoms with E-state index in [0.29, 0.717) is 16.7 Å². The van der Waals surface area contributed by atoms with Crippen LogP contribution in [0, 0.1) is 13.8 Å². The summed E-state index contributed by atoms with van der Waals surface area (Å²) >= 11 is 0. The number of carbonyl (C=O) groups is 3. The third-order valence-corrected chi connectivity index (χ3v) is 6.09. The van der Waals surface area contributed by atoms with Crippen molar-refractivity contribution in [2.45, 2.75) is 73.1 Å². The summed E-state index contributed by atoms with van der Waals surface area (Å²) in [7, 11) is 0. The summed E-state index contributed by atoms with van der Waals surface area (Å²) in [5.74, 6) is -1.75. The molecule has 204 valence electrons. The lowest BCUT2D eigenvalue weighted by atomic mass is 9.90. The largest absolute Gasteiger partial charge is 0.478 e. The normalized spacial score (nSPS) is 10.4. The van der Waals surface area contributed by atoms with Crippen LogP contribution in [-0.4, -0.2) is 33.2 Å². The summed E-state index contributed by atoms with van der Waals surface area (Å²) in [5, 5.41) is 26.7. The molecule has 0 aliphatic carbocycles. The van der Waals surface area contributed by atoms with Gasteiger partial charge in [0.25, 0.3) is 0 Å². The number of hydrogen-bond acceptors (Lipinski definition) is 3. The Morgan fingerprint density at radius 3 is 1.16 bits per heavy atom. The Morgan fingerprint density at radius 1 is 0.526 bits per heavy atom. The Kier molecular flexibility index (Phi) is 12.4. The smallest absolute Gasteiger partial charge is 0.336 e. The van der Waals surface area contributed by atoms with Gasteiger partial charge in [0, 0.05) is 0 Å². The first-order valence-corrected chi connectivity index (χ1v) is 12.7. The molecule has 0 amide bonds. The van der Waals surface area contributed by atoms with Crippen LogP contribution in [0.1, 0.15) is 118 Å². The van der Waals surface area contributed by atoms with Crippen LogP contribution < -0.4 is 0 Å². The van der Waals surface area contributed by atoms with E-state index in [0.717, 1.165) is 27.8 Å². The molecular weight excluding hydrogens is 480 g/mol. The molecule has 0 heterocycles. The van der Waals surface area contributed by atoms with Crippen molar-refractivity contribution in [1.29, 1.82) is 0 Å². The van der Waals surface area contributed by atoms with Crippen molar-refractivity contribution in [2.24, 2.45) is 0 Å². The number of aryl methyl sites for hydroxylation is 2. The minimum absolute atomic E-state index is 0.251. The molecule has 3 rings (SSSR count). The fraction of sp³-hybridized carbons (Fsp3) is 0.344. The van der Waals surface area contributed by atoms with E-state index in [1.54, 1.807) is 24.3 Å². The second-order valence-corrected chi connectivity index (χ2v) is 10.0. The summed E-state index contributed by atoms with van der Waals surface area (Å²) in [4.78, 5) is 32.6. The van der Waals surface area contributed by atoms with Crippen molar-refractivity contribution in [2.75, 3.05) is 0 Å². The highest BCUT2D eigenvalue weighted by molar-refractivity contribution is 5.92. The van der Waals surface area contributed by atoms with E-state index < -0.39 is 17.9 Å². The third kappa shape index (κ3) is 8.87. The van der Waals surface area contributed by atoms with Crippen molar-refractivity contribution in [3.05, 3.63) is 105 Å². The highest BCUT2D eigenvalue weighted by Crippen LogP contribution is 2.26. The molecule has 0 fully saturated rings. The first kappa shape index (κ1) is 32.1. The predicted octanol–water partition coefficient (Wildman–Crippen LogP) is 8.14. The van der Waals surface area contributed by atoms with Crippen LogP contribution in [0.5, 0.6) is 0 Å². The summed E-state index contributed by atoms with van der Waals surface area (Å²) < 4.78 is 0. The Hall–Kier alpha value is -3.93. The fourth-order valence-corrected chi connectivity index (χ4v) is 4.25. The Labute approximate surface area is 226 Å². The molecule has 0 bridgehead atoms. The summed E-state index contributed by atoms with van der Waals surface area (Å²) in [6, 6.07) is 18.0. The summed E-state index contributed by atoms with van der Waals surface area (Å²) in [6.07, 6.45) is 0. The van der Waals surface area contributed by atoms with Gasteiger partial charge in [0.05, 0.1) is 16.7 Å². The van der Waals surface area contributed by atoms with Crippen molar-refractivity contribution in [1.82, 2.24) is 0 Å². The molecule has 3 aromatic rings. The SMILES string of the molecule is CC(C)c1ccccc1C(=O)O.CC(C)c1ccccc1C(=O)O.Cc1ccc(C)c(C(C)C)c1C(=O)O. The average molecular weight is 521 g/mol. The van der Waals surface area contributed by atoms with Crippen LogP contribution in [0.4, 0.5) is 0 Å². The van der Waals surface area contributed by atoms with Crippen LogP contribution in [0.25, 0.3) is 0 Å². The van der Waals surface area contributed by atoms with Crippen LogP contribution >= 0.6 is 0 Å². The third-order valence-electron chi connectivity index (χ3n) is 6.09. The first-order valence-electron chi connectivity index (χ1n) is 12.7. The molecule has 0 unspecified atom stereocenters. The lowest BCUT2D eigenvalue weighted by molar-refractivity contribution is 0.0683.